The summed E-state index contributed by atoms with van der Waals surface area (Å²) in [7, 11) is 1.38. The van der Waals surface area contributed by atoms with E-state index in [0.29, 0.717) is 17.7 Å². The molecule has 0 bridgehead atoms. The molecule has 2 aromatic carbocycles. The van der Waals surface area contributed by atoms with Gasteiger partial charge in [-0.1, -0.05) is 17.7 Å². The fourth-order valence-electron chi connectivity index (χ4n) is 1.69. The van der Waals surface area contributed by atoms with Gasteiger partial charge in [-0.3, -0.25) is 10.1 Å². The summed E-state index contributed by atoms with van der Waals surface area (Å²) >= 11 is 0. The molecule has 0 atom stereocenters. The van der Waals surface area contributed by atoms with Crippen molar-refractivity contribution in [1.29, 1.82) is 0 Å². The van der Waals surface area contributed by atoms with Gasteiger partial charge in [0.25, 0.3) is 5.69 Å². The fourth-order valence-corrected chi connectivity index (χ4v) is 1.69. The molecule has 2 aromatic rings. The molecule has 134 valence electrons. The van der Waals surface area contributed by atoms with Crippen LogP contribution in [0.1, 0.15) is 21.5 Å². The molecule has 0 aliphatic heterocycles. The maximum atomic E-state index is 12.1. The highest BCUT2D eigenvalue weighted by atomic mass is 19.4. The average Bonchev–Trinajstić information content (AvgIpc) is 2.54. The highest BCUT2D eigenvalue weighted by molar-refractivity contribution is 5.89. The van der Waals surface area contributed by atoms with Gasteiger partial charge in [0.2, 0.25) is 0 Å². The Labute approximate surface area is 141 Å². The number of nitrogen functional groups attached to an aromatic ring is 1. The van der Waals surface area contributed by atoms with E-state index in [1.54, 1.807) is 12.1 Å². The predicted molar refractivity (Wildman–Crippen MR) is 85.0 cm³/mol. The van der Waals surface area contributed by atoms with Gasteiger partial charge in [0.15, 0.2) is 0 Å². The van der Waals surface area contributed by atoms with Crippen LogP contribution in [0.3, 0.4) is 0 Å². The molecule has 2 N–H and O–H groups in total. The Kier molecular flexibility index (Phi) is 6.49. The number of nitrogens with zero attached hydrogens (tertiary/aromatic N) is 1. The maximum Gasteiger partial charge on any atom is 0.416 e. The van der Waals surface area contributed by atoms with Gasteiger partial charge >= 0.3 is 12.1 Å². The van der Waals surface area contributed by atoms with Gasteiger partial charge in [-0.2, -0.15) is 13.2 Å². The second-order valence-corrected chi connectivity index (χ2v) is 4.89. The number of anilines is 1. The molecule has 0 fully saturated rings. The number of benzene rings is 2. The first-order chi connectivity index (χ1) is 11.6. The largest absolute Gasteiger partial charge is 0.465 e. The van der Waals surface area contributed by atoms with Crippen LogP contribution in [-0.2, 0) is 10.9 Å². The molecule has 0 heterocycles. The summed E-state index contributed by atoms with van der Waals surface area (Å²) in [4.78, 5) is 20.2. The second kappa shape index (κ2) is 8.13. The Balaban J connectivity index is 0.000000257. The smallest absolute Gasteiger partial charge is 0.416 e. The average molecular weight is 356 g/mol. The molecule has 0 aliphatic carbocycles. The summed E-state index contributed by atoms with van der Waals surface area (Å²) in [5.41, 5.74) is 4.75. The standard InChI is InChI=1S/C9H10O2.C7H5F3N2O2/c1-7-3-5-8(6-4-7)9(10)11-2;8-7(9,10)4-1-2-5(11)6(3-4)12(13)14/h3-6H,1-2H3;1-3H,11H2. The number of methoxy groups -OCH3 is 1. The lowest BCUT2D eigenvalue weighted by Gasteiger charge is -2.06. The van der Waals surface area contributed by atoms with Crippen LogP contribution in [0.25, 0.3) is 0 Å². The summed E-state index contributed by atoms with van der Waals surface area (Å²) in [6.07, 6.45) is -4.60. The van der Waals surface area contributed by atoms with Crippen LogP contribution < -0.4 is 5.73 Å². The highest BCUT2D eigenvalue weighted by Crippen LogP contribution is 2.33. The van der Waals surface area contributed by atoms with E-state index in [9.17, 15) is 28.1 Å². The Bertz CT molecular complexity index is 759. The summed E-state index contributed by atoms with van der Waals surface area (Å²) in [6, 6.07) is 9.24. The topological polar surface area (TPSA) is 95.5 Å². The van der Waals surface area contributed by atoms with Crippen molar-refractivity contribution in [1.82, 2.24) is 0 Å². The minimum atomic E-state index is -4.60. The Morgan fingerprint density at radius 3 is 2.16 bits per heavy atom. The highest BCUT2D eigenvalue weighted by Gasteiger charge is 2.32. The number of aryl methyl sites for hydroxylation is 1. The number of ether oxygens (including phenoxy) is 1. The Morgan fingerprint density at radius 1 is 1.16 bits per heavy atom. The van der Waals surface area contributed by atoms with E-state index >= 15 is 0 Å². The van der Waals surface area contributed by atoms with Crippen molar-refractivity contribution in [3.63, 3.8) is 0 Å². The third-order valence-electron chi connectivity index (χ3n) is 3.03. The van der Waals surface area contributed by atoms with Gasteiger partial charge in [0.1, 0.15) is 5.69 Å². The van der Waals surface area contributed by atoms with Gasteiger partial charge in [-0.25, -0.2) is 4.79 Å². The van der Waals surface area contributed by atoms with E-state index in [-0.39, 0.29) is 11.7 Å². The van der Waals surface area contributed by atoms with Crippen LogP contribution in [0.15, 0.2) is 42.5 Å². The number of hydrogen-bond acceptors (Lipinski definition) is 5. The van der Waals surface area contributed by atoms with Gasteiger partial charge in [0, 0.05) is 6.07 Å². The molecule has 0 amide bonds. The molecule has 0 radical (unpaired) electrons. The number of esters is 1. The molecule has 25 heavy (non-hydrogen) atoms. The first-order valence-corrected chi connectivity index (χ1v) is 6.82. The summed E-state index contributed by atoms with van der Waals surface area (Å²) in [6.45, 7) is 1.97. The molecule has 6 nitrogen and oxygen atoms in total. The Morgan fingerprint density at radius 2 is 1.72 bits per heavy atom. The minimum Gasteiger partial charge on any atom is -0.465 e. The van der Waals surface area contributed by atoms with Crippen LogP contribution in [0.2, 0.25) is 0 Å². The summed E-state index contributed by atoms with van der Waals surface area (Å²) < 4.78 is 40.8. The van der Waals surface area contributed by atoms with Gasteiger partial charge in [-0.05, 0) is 31.2 Å². The van der Waals surface area contributed by atoms with Crippen molar-refractivity contribution in [2.45, 2.75) is 13.1 Å². The molecule has 0 aromatic heterocycles. The third kappa shape index (κ3) is 5.79. The SMILES string of the molecule is COC(=O)c1ccc(C)cc1.Nc1ccc(C(F)(F)F)cc1[N+](=O)[O-]. The van der Waals surface area contributed by atoms with E-state index in [1.807, 2.05) is 19.1 Å². The van der Waals surface area contributed by atoms with E-state index in [1.165, 1.54) is 7.11 Å². The van der Waals surface area contributed by atoms with E-state index in [2.05, 4.69) is 4.74 Å². The number of alkyl halides is 3. The number of rotatable bonds is 2. The molecule has 0 aliphatic rings. The van der Waals surface area contributed by atoms with Crippen LogP contribution in [0.4, 0.5) is 24.5 Å². The van der Waals surface area contributed by atoms with Crippen LogP contribution >= 0.6 is 0 Å². The molecule has 0 saturated carbocycles. The predicted octanol–water partition coefficient (Wildman–Crippen LogP) is 3.98. The number of carbonyl (C=O) groups is 1. The number of nitro groups is 1. The van der Waals surface area contributed by atoms with Crippen LogP contribution in [-0.4, -0.2) is 18.0 Å². The molecule has 0 spiro atoms. The Hall–Kier alpha value is -3.10. The monoisotopic (exact) mass is 356 g/mol. The number of carbonyl (C=O) groups excluding carboxylic acids is 1. The number of hydrogen-bond donors (Lipinski definition) is 1. The minimum absolute atomic E-state index is 0.287. The van der Waals surface area contributed by atoms with Crippen molar-refractivity contribution in [3.05, 3.63) is 69.3 Å². The molecular formula is C16H15F3N2O4. The number of nitro benzene ring substituents is 1. The summed E-state index contributed by atoms with van der Waals surface area (Å²) in [5.74, 6) is -0.287. The first-order valence-electron chi connectivity index (χ1n) is 6.82. The molecule has 2 rings (SSSR count). The molecule has 0 saturated heterocycles. The van der Waals surface area contributed by atoms with E-state index in [0.717, 1.165) is 11.6 Å². The number of nitrogens with two attached hydrogens (primary N) is 1. The van der Waals surface area contributed by atoms with E-state index in [4.69, 9.17) is 5.73 Å². The zero-order chi connectivity index (χ0) is 19.2. The lowest BCUT2D eigenvalue weighted by atomic mass is 10.1. The van der Waals surface area contributed by atoms with Gasteiger partial charge in [-0.15, -0.1) is 0 Å². The van der Waals surface area contributed by atoms with Crippen molar-refractivity contribution >= 4 is 17.3 Å². The first kappa shape index (κ1) is 19.9. The second-order valence-electron chi connectivity index (χ2n) is 4.89. The molecule has 9 heteroatoms. The van der Waals surface area contributed by atoms with Gasteiger partial charge in [0.05, 0.1) is 23.2 Å². The third-order valence-corrected chi connectivity index (χ3v) is 3.03. The fraction of sp³-hybridized carbons (Fsp3) is 0.188. The van der Waals surface area contributed by atoms with Crippen LogP contribution in [0, 0.1) is 17.0 Å². The zero-order valence-corrected chi connectivity index (χ0v) is 13.3. The molecular weight excluding hydrogens is 341 g/mol. The van der Waals surface area contributed by atoms with Crippen molar-refractivity contribution < 1.29 is 27.6 Å². The zero-order valence-electron chi connectivity index (χ0n) is 13.3. The lowest BCUT2D eigenvalue weighted by Crippen LogP contribution is -2.06. The van der Waals surface area contributed by atoms with E-state index < -0.39 is 22.4 Å². The summed E-state index contributed by atoms with van der Waals surface area (Å²) in [5, 5.41) is 10.3. The molecule has 0 unspecified atom stereocenters. The number of halogens is 3. The van der Waals surface area contributed by atoms with Crippen LogP contribution in [0.5, 0.6) is 0 Å². The van der Waals surface area contributed by atoms with Crippen molar-refractivity contribution in [2.24, 2.45) is 0 Å². The normalized spacial score (nSPS) is 10.4. The van der Waals surface area contributed by atoms with Gasteiger partial charge < -0.3 is 10.5 Å². The van der Waals surface area contributed by atoms with Crippen molar-refractivity contribution in [2.75, 3.05) is 12.8 Å². The van der Waals surface area contributed by atoms with Crippen molar-refractivity contribution in [3.8, 4) is 0 Å². The quantitative estimate of drug-likeness (QED) is 0.380. The maximum absolute atomic E-state index is 12.1. The lowest BCUT2D eigenvalue weighted by molar-refractivity contribution is -0.384.